The molecule has 0 radical (unpaired) electrons. The molecule has 0 spiro atoms. The molecule has 0 rings (SSSR count). The summed E-state index contributed by atoms with van der Waals surface area (Å²) >= 11 is 0. The van der Waals surface area contributed by atoms with Crippen LogP contribution < -0.4 is 0 Å². The minimum Gasteiger partial charge on any atom is -0.481 e. The van der Waals surface area contributed by atoms with Gasteiger partial charge in [-0.2, -0.15) is 0 Å². The van der Waals surface area contributed by atoms with Gasteiger partial charge < -0.3 is 14.9 Å². The molecule has 0 aliphatic rings. The van der Waals surface area contributed by atoms with Crippen molar-refractivity contribution in [3.05, 3.63) is 12.7 Å². The summed E-state index contributed by atoms with van der Waals surface area (Å²) < 4.78 is 4.80. The average molecular weight is 244 g/mol. The summed E-state index contributed by atoms with van der Waals surface area (Å²) in [5, 5.41) is 18.8. The molecule has 0 heterocycles. The van der Waals surface area contributed by atoms with Crippen LogP contribution in [0.3, 0.4) is 0 Å². The fourth-order valence-electron chi connectivity index (χ4n) is 1.27. The summed E-state index contributed by atoms with van der Waals surface area (Å²) in [6, 6.07) is 0. The van der Waals surface area contributed by atoms with Gasteiger partial charge in [-0.05, 0) is 19.8 Å². The molecule has 0 bridgehead atoms. The SMILES string of the molecule is C=CCC(C)(C(=O)O)C(O)C(=O)OCCCC. The Kier molecular flexibility index (Phi) is 6.50. The highest BCUT2D eigenvalue weighted by molar-refractivity contribution is 5.85. The molecule has 5 nitrogen and oxygen atoms in total. The van der Waals surface area contributed by atoms with Crippen molar-refractivity contribution >= 4 is 11.9 Å². The number of hydrogen-bond donors (Lipinski definition) is 2. The van der Waals surface area contributed by atoms with Crippen LogP contribution in [0.4, 0.5) is 0 Å². The topological polar surface area (TPSA) is 83.8 Å². The number of ether oxygens (including phenoxy) is 1. The minimum atomic E-state index is -1.69. The number of carbonyl (C=O) groups excluding carboxylic acids is 1. The highest BCUT2D eigenvalue weighted by Gasteiger charge is 2.44. The first-order valence-corrected chi connectivity index (χ1v) is 5.59. The van der Waals surface area contributed by atoms with Crippen LogP contribution in [0.2, 0.25) is 0 Å². The number of carboxylic acid groups (broad SMARTS) is 1. The van der Waals surface area contributed by atoms with Gasteiger partial charge in [0.05, 0.1) is 6.61 Å². The van der Waals surface area contributed by atoms with E-state index < -0.39 is 23.5 Å². The summed E-state index contributed by atoms with van der Waals surface area (Å²) in [7, 11) is 0. The van der Waals surface area contributed by atoms with Crippen LogP contribution in [0.5, 0.6) is 0 Å². The minimum absolute atomic E-state index is 0.00756. The standard InChI is InChI=1S/C12H20O5/c1-4-6-8-17-10(14)9(13)12(3,7-5-2)11(15)16/h5,9,13H,2,4,6-8H2,1,3H3,(H,15,16). The first kappa shape index (κ1) is 15.6. The van der Waals surface area contributed by atoms with E-state index in [0.717, 1.165) is 6.42 Å². The van der Waals surface area contributed by atoms with Gasteiger partial charge in [0, 0.05) is 0 Å². The Labute approximate surface area is 101 Å². The molecule has 0 saturated heterocycles. The van der Waals surface area contributed by atoms with E-state index in [2.05, 4.69) is 6.58 Å². The van der Waals surface area contributed by atoms with E-state index >= 15 is 0 Å². The van der Waals surface area contributed by atoms with Crippen molar-refractivity contribution in [3.8, 4) is 0 Å². The Balaban J connectivity index is 4.61. The summed E-state index contributed by atoms with van der Waals surface area (Å²) in [5.74, 6) is -2.15. The predicted octanol–water partition coefficient (Wildman–Crippen LogP) is 1.36. The normalized spacial score (nSPS) is 15.7. The van der Waals surface area contributed by atoms with E-state index in [1.54, 1.807) is 0 Å². The van der Waals surface area contributed by atoms with Crippen molar-refractivity contribution in [2.75, 3.05) is 6.61 Å². The average Bonchev–Trinajstić information content (AvgIpc) is 2.28. The van der Waals surface area contributed by atoms with E-state index in [1.807, 2.05) is 6.92 Å². The first-order chi connectivity index (χ1) is 7.90. The molecular weight excluding hydrogens is 224 g/mol. The van der Waals surface area contributed by atoms with Gasteiger partial charge >= 0.3 is 11.9 Å². The Morgan fingerprint density at radius 3 is 2.53 bits per heavy atom. The number of carbonyl (C=O) groups is 2. The maximum absolute atomic E-state index is 11.5. The zero-order valence-corrected chi connectivity index (χ0v) is 10.3. The molecule has 0 saturated carbocycles. The molecule has 17 heavy (non-hydrogen) atoms. The van der Waals surface area contributed by atoms with E-state index in [9.17, 15) is 14.7 Å². The van der Waals surface area contributed by atoms with Crippen LogP contribution in [-0.2, 0) is 14.3 Å². The summed E-state index contributed by atoms with van der Waals surface area (Å²) in [5.41, 5.74) is -1.59. The number of carboxylic acids is 1. The highest BCUT2D eigenvalue weighted by atomic mass is 16.5. The number of aliphatic carboxylic acids is 1. The number of aliphatic hydroxyl groups is 1. The molecular formula is C12H20O5. The van der Waals surface area contributed by atoms with Crippen LogP contribution in [0.1, 0.15) is 33.1 Å². The maximum Gasteiger partial charge on any atom is 0.336 e. The molecule has 2 atom stereocenters. The fourth-order valence-corrected chi connectivity index (χ4v) is 1.27. The smallest absolute Gasteiger partial charge is 0.336 e. The van der Waals surface area contributed by atoms with Gasteiger partial charge in [-0.15, -0.1) is 6.58 Å². The lowest BCUT2D eigenvalue weighted by atomic mass is 9.81. The molecule has 0 amide bonds. The summed E-state index contributed by atoms with van der Waals surface area (Å²) in [4.78, 5) is 22.5. The van der Waals surface area contributed by atoms with Crippen LogP contribution in [0, 0.1) is 5.41 Å². The lowest BCUT2D eigenvalue weighted by molar-refractivity contribution is -0.172. The van der Waals surface area contributed by atoms with Crippen molar-refractivity contribution in [1.29, 1.82) is 0 Å². The largest absolute Gasteiger partial charge is 0.481 e. The molecule has 2 N–H and O–H groups in total. The van der Waals surface area contributed by atoms with Crippen molar-refractivity contribution < 1.29 is 24.5 Å². The van der Waals surface area contributed by atoms with Crippen molar-refractivity contribution in [1.82, 2.24) is 0 Å². The predicted molar refractivity (Wildman–Crippen MR) is 62.4 cm³/mol. The van der Waals surface area contributed by atoms with Crippen LogP contribution in [-0.4, -0.2) is 34.9 Å². The molecule has 2 unspecified atom stereocenters. The van der Waals surface area contributed by atoms with Crippen molar-refractivity contribution in [2.24, 2.45) is 5.41 Å². The van der Waals surface area contributed by atoms with E-state index in [1.165, 1.54) is 13.0 Å². The molecule has 0 aliphatic heterocycles. The van der Waals surface area contributed by atoms with Gasteiger partial charge in [0.1, 0.15) is 5.41 Å². The Morgan fingerprint density at radius 1 is 1.53 bits per heavy atom. The lowest BCUT2D eigenvalue weighted by Crippen LogP contribution is -2.45. The third kappa shape index (κ3) is 4.19. The molecule has 0 fully saturated rings. The third-order valence-electron chi connectivity index (χ3n) is 2.63. The van der Waals surface area contributed by atoms with Gasteiger partial charge in [0.15, 0.2) is 6.10 Å². The molecule has 0 aromatic heterocycles. The third-order valence-corrected chi connectivity index (χ3v) is 2.63. The number of esters is 1. The van der Waals surface area contributed by atoms with Gasteiger partial charge in [0.2, 0.25) is 0 Å². The second-order valence-electron chi connectivity index (χ2n) is 4.14. The van der Waals surface area contributed by atoms with Gasteiger partial charge in [-0.3, -0.25) is 4.79 Å². The monoisotopic (exact) mass is 244 g/mol. The maximum atomic E-state index is 11.5. The second-order valence-corrected chi connectivity index (χ2v) is 4.14. The number of hydrogen-bond acceptors (Lipinski definition) is 4. The van der Waals surface area contributed by atoms with Crippen LogP contribution >= 0.6 is 0 Å². The molecule has 0 aliphatic carbocycles. The molecule has 0 aromatic carbocycles. The molecule has 98 valence electrons. The second kappa shape index (κ2) is 7.06. The quantitative estimate of drug-likeness (QED) is 0.382. The lowest BCUT2D eigenvalue weighted by Gasteiger charge is -2.27. The van der Waals surface area contributed by atoms with Gasteiger partial charge in [0.25, 0.3) is 0 Å². The number of unbranched alkanes of at least 4 members (excludes halogenated alkanes) is 1. The van der Waals surface area contributed by atoms with Crippen LogP contribution in [0.25, 0.3) is 0 Å². The number of rotatable bonds is 8. The molecule has 0 aromatic rings. The summed E-state index contributed by atoms with van der Waals surface area (Å²) in [6.45, 7) is 6.84. The van der Waals surface area contributed by atoms with Gasteiger partial charge in [-0.1, -0.05) is 19.4 Å². The van der Waals surface area contributed by atoms with Gasteiger partial charge in [-0.25, -0.2) is 4.79 Å². The first-order valence-electron chi connectivity index (χ1n) is 5.59. The number of aliphatic hydroxyl groups excluding tert-OH is 1. The van der Waals surface area contributed by atoms with E-state index in [0.29, 0.717) is 6.42 Å². The van der Waals surface area contributed by atoms with Crippen molar-refractivity contribution in [2.45, 2.75) is 39.2 Å². The molecule has 5 heteroatoms. The fraction of sp³-hybridized carbons (Fsp3) is 0.667. The Bertz CT molecular complexity index is 287. The zero-order valence-electron chi connectivity index (χ0n) is 10.3. The zero-order chi connectivity index (χ0) is 13.5. The van der Waals surface area contributed by atoms with E-state index in [4.69, 9.17) is 9.84 Å². The Hall–Kier alpha value is -1.36. The number of allylic oxidation sites excluding steroid dienone is 1. The van der Waals surface area contributed by atoms with Crippen LogP contribution in [0.15, 0.2) is 12.7 Å². The summed E-state index contributed by atoms with van der Waals surface area (Å²) in [6.07, 6.45) is 1.20. The highest BCUT2D eigenvalue weighted by Crippen LogP contribution is 2.28. The van der Waals surface area contributed by atoms with Crippen molar-refractivity contribution in [3.63, 3.8) is 0 Å². The Morgan fingerprint density at radius 2 is 2.12 bits per heavy atom. The van der Waals surface area contributed by atoms with E-state index in [-0.39, 0.29) is 13.0 Å².